The van der Waals surface area contributed by atoms with Crippen molar-refractivity contribution in [2.45, 2.75) is 26.3 Å². The zero-order valence-electron chi connectivity index (χ0n) is 10.5. The van der Waals surface area contributed by atoms with Crippen LogP contribution in [0.4, 0.5) is 0 Å². The minimum Gasteiger partial charge on any atom is -0.353 e. The molecule has 0 aromatic rings. The zero-order chi connectivity index (χ0) is 11.3. The molecule has 0 aliphatic carbocycles. The van der Waals surface area contributed by atoms with E-state index in [-0.39, 0.29) is 24.4 Å². The molecule has 1 heterocycles. The predicted molar refractivity (Wildman–Crippen MR) is 69.0 cm³/mol. The Hall–Kier alpha value is -0.320. The van der Waals surface area contributed by atoms with Gasteiger partial charge in [0.15, 0.2) is 0 Å². The van der Waals surface area contributed by atoms with Gasteiger partial charge in [-0.3, -0.25) is 9.69 Å². The highest BCUT2D eigenvalue weighted by Gasteiger charge is 2.23. The van der Waals surface area contributed by atoms with E-state index in [1.165, 1.54) is 6.42 Å². The molecular formula is C11H24ClN3O. The quantitative estimate of drug-likeness (QED) is 0.745. The average molecular weight is 250 g/mol. The lowest BCUT2D eigenvalue weighted by Crippen LogP contribution is -2.39. The van der Waals surface area contributed by atoms with E-state index in [4.69, 9.17) is 0 Å². The van der Waals surface area contributed by atoms with Gasteiger partial charge in [-0.15, -0.1) is 12.4 Å². The number of likely N-dealkylation sites (tertiary alicyclic amines) is 1. The van der Waals surface area contributed by atoms with Crippen molar-refractivity contribution in [1.82, 2.24) is 15.5 Å². The first-order chi connectivity index (χ1) is 7.11. The molecule has 1 saturated heterocycles. The molecule has 16 heavy (non-hydrogen) atoms. The van der Waals surface area contributed by atoms with Crippen LogP contribution in [0, 0.1) is 5.92 Å². The summed E-state index contributed by atoms with van der Waals surface area (Å²) in [6.07, 6.45) is 1.20. The molecule has 2 N–H and O–H groups in total. The van der Waals surface area contributed by atoms with E-state index in [0.29, 0.717) is 12.5 Å². The number of hydrogen-bond acceptors (Lipinski definition) is 3. The van der Waals surface area contributed by atoms with Gasteiger partial charge in [-0.2, -0.15) is 0 Å². The first kappa shape index (κ1) is 15.7. The van der Waals surface area contributed by atoms with Gasteiger partial charge in [0.1, 0.15) is 0 Å². The molecule has 1 amide bonds. The summed E-state index contributed by atoms with van der Waals surface area (Å²) in [6.45, 7) is 7.70. The van der Waals surface area contributed by atoms with Crippen LogP contribution in [0.2, 0.25) is 0 Å². The van der Waals surface area contributed by atoms with E-state index in [2.05, 4.69) is 15.5 Å². The fourth-order valence-electron chi connectivity index (χ4n) is 2.08. The van der Waals surface area contributed by atoms with Gasteiger partial charge in [0, 0.05) is 12.6 Å². The number of amides is 1. The third-order valence-corrected chi connectivity index (χ3v) is 2.68. The van der Waals surface area contributed by atoms with Crippen molar-refractivity contribution in [3.8, 4) is 0 Å². The summed E-state index contributed by atoms with van der Waals surface area (Å²) in [4.78, 5) is 13.7. The monoisotopic (exact) mass is 249 g/mol. The van der Waals surface area contributed by atoms with Crippen molar-refractivity contribution in [3.05, 3.63) is 0 Å². The second kappa shape index (κ2) is 7.87. The number of nitrogens with zero attached hydrogens (tertiary/aromatic N) is 1. The minimum atomic E-state index is 0. The second-order valence-corrected chi connectivity index (χ2v) is 4.67. The maximum atomic E-state index is 11.5. The van der Waals surface area contributed by atoms with Gasteiger partial charge in [-0.25, -0.2) is 0 Å². The highest BCUT2D eigenvalue weighted by Crippen LogP contribution is 2.14. The van der Waals surface area contributed by atoms with E-state index in [1.807, 2.05) is 20.9 Å². The highest BCUT2D eigenvalue weighted by molar-refractivity contribution is 5.85. The van der Waals surface area contributed by atoms with Crippen LogP contribution in [0.25, 0.3) is 0 Å². The number of carbonyl (C=O) groups is 1. The Kier molecular flexibility index (Phi) is 7.72. The lowest BCUT2D eigenvalue weighted by Gasteiger charge is -2.16. The number of hydrogen-bond donors (Lipinski definition) is 2. The van der Waals surface area contributed by atoms with Crippen molar-refractivity contribution in [3.63, 3.8) is 0 Å². The summed E-state index contributed by atoms with van der Waals surface area (Å²) in [7, 11) is 1.98. The van der Waals surface area contributed by atoms with Gasteiger partial charge in [-0.1, -0.05) is 0 Å². The fourth-order valence-corrected chi connectivity index (χ4v) is 2.08. The number of halogens is 1. The van der Waals surface area contributed by atoms with Crippen molar-refractivity contribution >= 4 is 18.3 Å². The summed E-state index contributed by atoms with van der Waals surface area (Å²) in [6, 6.07) is 0.244. The van der Waals surface area contributed by atoms with Crippen molar-refractivity contribution in [2.75, 3.05) is 33.2 Å². The van der Waals surface area contributed by atoms with E-state index >= 15 is 0 Å². The molecule has 1 aliphatic heterocycles. The Labute approximate surface area is 105 Å². The molecule has 0 spiro atoms. The van der Waals surface area contributed by atoms with Crippen molar-refractivity contribution in [2.24, 2.45) is 5.92 Å². The lowest BCUT2D eigenvalue weighted by atomic mass is 10.1. The van der Waals surface area contributed by atoms with Crippen molar-refractivity contribution in [1.29, 1.82) is 0 Å². The average Bonchev–Trinajstić information content (AvgIpc) is 2.51. The van der Waals surface area contributed by atoms with Crippen LogP contribution in [0.5, 0.6) is 0 Å². The van der Waals surface area contributed by atoms with Gasteiger partial charge in [0.05, 0.1) is 6.54 Å². The van der Waals surface area contributed by atoms with E-state index in [1.54, 1.807) is 0 Å². The number of carbonyl (C=O) groups excluding carboxylic acids is 1. The maximum absolute atomic E-state index is 11.5. The first-order valence-corrected chi connectivity index (χ1v) is 5.78. The molecule has 0 radical (unpaired) electrons. The SMILES string of the molecule is CNCC1CCN(CC(=O)NC(C)C)C1.Cl. The van der Waals surface area contributed by atoms with Gasteiger partial charge in [-0.05, 0) is 46.3 Å². The fraction of sp³-hybridized carbons (Fsp3) is 0.909. The summed E-state index contributed by atoms with van der Waals surface area (Å²) in [5.74, 6) is 0.858. The molecule has 0 saturated carbocycles. The molecule has 1 rings (SSSR count). The highest BCUT2D eigenvalue weighted by atomic mass is 35.5. The Morgan fingerprint density at radius 3 is 2.75 bits per heavy atom. The van der Waals surface area contributed by atoms with Crippen LogP contribution < -0.4 is 10.6 Å². The normalized spacial score (nSPS) is 20.9. The Bertz CT molecular complexity index is 211. The molecule has 4 nitrogen and oxygen atoms in total. The molecule has 1 atom stereocenters. The summed E-state index contributed by atoms with van der Waals surface area (Å²) in [5, 5.41) is 6.11. The lowest BCUT2D eigenvalue weighted by molar-refractivity contribution is -0.122. The van der Waals surface area contributed by atoms with Gasteiger partial charge < -0.3 is 10.6 Å². The van der Waals surface area contributed by atoms with Crippen LogP contribution in [0.1, 0.15) is 20.3 Å². The third kappa shape index (κ3) is 5.68. The summed E-state index contributed by atoms with van der Waals surface area (Å²) in [5.41, 5.74) is 0. The number of nitrogens with one attached hydrogen (secondary N) is 2. The zero-order valence-corrected chi connectivity index (χ0v) is 11.3. The second-order valence-electron chi connectivity index (χ2n) is 4.67. The minimum absolute atomic E-state index is 0. The molecule has 0 bridgehead atoms. The topological polar surface area (TPSA) is 44.4 Å². The van der Waals surface area contributed by atoms with Crippen LogP contribution in [-0.2, 0) is 4.79 Å². The Morgan fingerprint density at radius 2 is 2.19 bits per heavy atom. The smallest absolute Gasteiger partial charge is 0.234 e. The first-order valence-electron chi connectivity index (χ1n) is 5.78. The van der Waals surface area contributed by atoms with E-state index in [9.17, 15) is 4.79 Å². The summed E-state index contributed by atoms with van der Waals surface area (Å²) >= 11 is 0. The molecule has 5 heteroatoms. The van der Waals surface area contributed by atoms with Gasteiger partial charge >= 0.3 is 0 Å². The largest absolute Gasteiger partial charge is 0.353 e. The van der Waals surface area contributed by atoms with Crippen LogP contribution >= 0.6 is 12.4 Å². The molecule has 1 unspecified atom stereocenters. The van der Waals surface area contributed by atoms with Crippen molar-refractivity contribution < 1.29 is 4.79 Å². The molecular weight excluding hydrogens is 226 g/mol. The predicted octanol–water partition coefficient (Wildman–Crippen LogP) is 0.474. The van der Waals surface area contributed by atoms with Crippen LogP contribution in [0.15, 0.2) is 0 Å². The summed E-state index contributed by atoms with van der Waals surface area (Å²) < 4.78 is 0. The van der Waals surface area contributed by atoms with Gasteiger partial charge in [0.2, 0.25) is 5.91 Å². The standard InChI is InChI=1S/C11H23N3O.ClH/c1-9(2)13-11(15)8-14-5-4-10(7-14)6-12-3;/h9-10,12H,4-8H2,1-3H3,(H,13,15);1H. The Balaban J connectivity index is 0.00000225. The van der Waals surface area contributed by atoms with E-state index in [0.717, 1.165) is 19.6 Å². The maximum Gasteiger partial charge on any atom is 0.234 e. The van der Waals surface area contributed by atoms with Gasteiger partial charge in [0.25, 0.3) is 0 Å². The molecule has 96 valence electrons. The van der Waals surface area contributed by atoms with E-state index < -0.39 is 0 Å². The van der Waals surface area contributed by atoms with Crippen LogP contribution in [-0.4, -0.2) is 50.1 Å². The molecule has 1 aliphatic rings. The molecule has 0 aromatic heterocycles. The molecule has 1 fully saturated rings. The van der Waals surface area contributed by atoms with Crippen LogP contribution in [0.3, 0.4) is 0 Å². The third-order valence-electron chi connectivity index (χ3n) is 2.68. The number of rotatable bonds is 5. The molecule has 0 aromatic carbocycles. The Morgan fingerprint density at radius 1 is 1.50 bits per heavy atom.